The van der Waals surface area contributed by atoms with Crippen molar-refractivity contribution in [1.29, 1.82) is 0 Å². The van der Waals surface area contributed by atoms with E-state index in [0.717, 1.165) is 40.6 Å². The molecule has 1 aromatic rings. The number of aliphatic imine (C=N–C) groups is 1. The topological polar surface area (TPSA) is 38.7 Å². The fourth-order valence-corrected chi connectivity index (χ4v) is 3.06. The molecule has 4 heteroatoms. The Morgan fingerprint density at radius 2 is 2.18 bits per heavy atom. The van der Waals surface area contributed by atoms with Crippen LogP contribution in [-0.4, -0.2) is 13.2 Å². The van der Waals surface area contributed by atoms with Gasteiger partial charge in [-0.25, -0.2) is 4.79 Å². The van der Waals surface area contributed by atoms with Crippen molar-refractivity contribution in [1.82, 2.24) is 0 Å². The molecule has 0 saturated heterocycles. The molecule has 1 aliphatic carbocycles. The fourth-order valence-electron chi connectivity index (χ4n) is 2.38. The van der Waals surface area contributed by atoms with E-state index in [1.807, 2.05) is 19.1 Å². The zero-order valence-corrected chi connectivity index (χ0v) is 11.5. The van der Waals surface area contributed by atoms with Gasteiger partial charge >= 0.3 is 0 Å². The van der Waals surface area contributed by atoms with Crippen LogP contribution in [0.1, 0.15) is 30.4 Å². The molecule has 0 spiro atoms. The molecule has 1 aliphatic rings. The molecule has 0 N–H and O–H groups in total. The molecule has 17 heavy (non-hydrogen) atoms. The Bertz CT molecular complexity index is 488. The van der Waals surface area contributed by atoms with Gasteiger partial charge in [0.1, 0.15) is 11.3 Å². The Morgan fingerprint density at radius 1 is 1.47 bits per heavy atom. The van der Waals surface area contributed by atoms with Gasteiger partial charge < -0.3 is 4.74 Å². The van der Waals surface area contributed by atoms with Crippen molar-refractivity contribution in [3.05, 3.63) is 27.7 Å². The summed E-state index contributed by atoms with van der Waals surface area (Å²) in [6.07, 6.45) is 4.53. The van der Waals surface area contributed by atoms with Crippen LogP contribution in [0.3, 0.4) is 0 Å². The molecule has 0 heterocycles. The lowest BCUT2D eigenvalue weighted by atomic mass is 9.71. The van der Waals surface area contributed by atoms with Gasteiger partial charge in [-0.15, -0.1) is 0 Å². The van der Waals surface area contributed by atoms with E-state index in [1.165, 1.54) is 0 Å². The second-order valence-corrected chi connectivity index (χ2v) is 5.22. The number of nitrogens with zero attached hydrogens (tertiary/aromatic N) is 1. The smallest absolute Gasteiger partial charge is 0.235 e. The van der Waals surface area contributed by atoms with E-state index in [9.17, 15) is 4.79 Å². The predicted octanol–water partition coefficient (Wildman–Crippen LogP) is 3.48. The Labute approximate surface area is 109 Å². The van der Waals surface area contributed by atoms with Crippen molar-refractivity contribution in [2.75, 3.05) is 7.11 Å². The third-order valence-corrected chi connectivity index (χ3v) is 4.07. The van der Waals surface area contributed by atoms with Crippen molar-refractivity contribution >= 4 is 22.0 Å². The standard InChI is InChI=1S/C13H14BrNO2/c1-9-4-5-10(14)11(12(9)17-2)13(15-8-16)6-3-7-13/h4-5H,3,6-7H2,1-2H3. The maximum atomic E-state index is 10.6. The molecule has 0 aromatic heterocycles. The Balaban J connectivity index is 2.64. The van der Waals surface area contributed by atoms with Gasteiger partial charge in [-0.05, 0) is 37.8 Å². The zero-order chi connectivity index (χ0) is 12.5. The molecular formula is C13H14BrNO2. The second kappa shape index (κ2) is 4.63. The number of carbonyl (C=O) groups excluding carboxylic acids is 1. The molecule has 0 atom stereocenters. The van der Waals surface area contributed by atoms with E-state index >= 15 is 0 Å². The maximum absolute atomic E-state index is 10.6. The number of halogens is 1. The molecule has 1 aromatic carbocycles. The molecule has 2 rings (SSSR count). The summed E-state index contributed by atoms with van der Waals surface area (Å²) < 4.78 is 6.41. The predicted molar refractivity (Wildman–Crippen MR) is 69.1 cm³/mol. The summed E-state index contributed by atoms with van der Waals surface area (Å²) in [4.78, 5) is 14.7. The van der Waals surface area contributed by atoms with Crippen LogP contribution in [0, 0.1) is 6.92 Å². The first-order valence-electron chi connectivity index (χ1n) is 5.57. The lowest BCUT2D eigenvalue weighted by molar-refractivity contribution is 0.244. The van der Waals surface area contributed by atoms with Gasteiger partial charge in [0.05, 0.1) is 7.11 Å². The normalized spacial score (nSPS) is 16.9. The van der Waals surface area contributed by atoms with E-state index in [1.54, 1.807) is 13.2 Å². The Morgan fingerprint density at radius 3 is 2.65 bits per heavy atom. The third kappa shape index (κ3) is 1.92. The number of methoxy groups -OCH3 is 1. The summed E-state index contributed by atoms with van der Waals surface area (Å²) in [6.45, 7) is 1.99. The quantitative estimate of drug-likeness (QED) is 0.632. The lowest BCUT2D eigenvalue weighted by Gasteiger charge is -2.38. The highest BCUT2D eigenvalue weighted by molar-refractivity contribution is 9.10. The van der Waals surface area contributed by atoms with E-state index in [0.29, 0.717) is 0 Å². The van der Waals surface area contributed by atoms with Gasteiger partial charge in [0.25, 0.3) is 0 Å². The number of hydrogen-bond donors (Lipinski definition) is 0. The lowest BCUT2D eigenvalue weighted by Crippen LogP contribution is -2.33. The van der Waals surface area contributed by atoms with Gasteiger partial charge in [-0.3, -0.25) is 0 Å². The van der Waals surface area contributed by atoms with Crippen molar-refractivity contribution in [2.45, 2.75) is 31.7 Å². The molecule has 3 nitrogen and oxygen atoms in total. The van der Waals surface area contributed by atoms with Gasteiger partial charge in [-0.1, -0.05) is 22.0 Å². The molecule has 1 fully saturated rings. The number of ether oxygens (including phenoxy) is 1. The molecule has 0 unspecified atom stereocenters. The summed E-state index contributed by atoms with van der Waals surface area (Å²) in [5.41, 5.74) is 1.60. The van der Waals surface area contributed by atoms with E-state index < -0.39 is 5.54 Å². The van der Waals surface area contributed by atoms with Gasteiger partial charge in [0.2, 0.25) is 6.08 Å². The van der Waals surface area contributed by atoms with Crippen molar-refractivity contribution in [3.8, 4) is 5.75 Å². The molecule has 0 amide bonds. The van der Waals surface area contributed by atoms with Crippen LogP contribution in [0.5, 0.6) is 5.75 Å². The zero-order valence-electron chi connectivity index (χ0n) is 9.92. The number of aryl methyl sites for hydroxylation is 1. The number of isocyanates is 1. The third-order valence-electron chi connectivity index (χ3n) is 3.41. The highest BCUT2D eigenvalue weighted by Gasteiger charge is 2.42. The largest absolute Gasteiger partial charge is 0.496 e. The van der Waals surface area contributed by atoms with Crippen molar-refractivity contribution < 1.29 is 9.53 Å². The van der Waals surface area contributed by atoms with Crippen LogP contribution in [-0.2, 0) is 10.3 Å². The molecule has 90 valence electrons. The Hall–Kier alpha value is -1.12. The van der Waals surface area contributed by atoms with Crippen LogP contribution >= 0.6 is 15.9 Å². The van der Waals surface area contributed by atoms with Crippen LogP contribution in [0.15, 0.2) is 21.6 Å². The molecule has 0 radical (unpaired) electrons. The summed E-state index contributed by atoms with van der Waals surface area (Å²) in [5, 5.41) is 0. The molecule has 0 bridgehead atoms. The first kappa shape index (κ1) is 12.3. The van der Waals surface area contributed by atoms with Gasteiger partial charge in [-0.2, -0.15) is 4.99 Å². The second-order valence-electron chi connectivity index (χ2n) is 4.36. The summed E-state index contributed by atoms with van der Waals surface area (Å²) in [7, 11) is 1.65. The molecule has 1 saturated carbocycles. The summed E-state index contributed by atoms with van der Waals surface area (Å²) >= 11 is 3.53. The highest BCUT2D eigenvalue weighted by atomic mass is 79.9. The Kier molecular flexibility index (Phi) is 3.36. The number of hydrogen-bond acceptors (Lipinski definition) is 3. The number of rotatable bonds is 3. The highest BCUT2D eigenvalue weighted by Crippen LogP contribution is 2.51. The van der Waals surface area contributed by atoms with E-state index in [4.69, 9.17) is 4.74 Å². The molecule has 0 aliphatic heterocycles. The summed E-state index contributed by atoms with van der Waals surface area (Å²) in [6, 6.07) is 3.97. The number of benzene rings is 1. The summed E-state index contributed by atoms with van der Waals surface area (Å²) in [5.74, 6) is 0.818. The first-order chi connectivity index (χ1) is 8.14. The van der Waals surface area contributed by atoms with Crippen molar-refractivity contribution in [3.63, 3.8) is 0 Å². The fraction of sp³-hybridized carbons (Fsp3) is 0.462. The van der Waals surface area contributed by atoms with E-state index in [-0.39, 0.29) is 0 Å². The average molecular weight is 296 g/mol. The van der Waals surface area contributed by atoms with Crippen LogP contribution in [0.2, 0.25) is 0 Å². The monoisotopic (exact) mass is 295 g/mol. The molecular weight excluding hydrogens is 282 g/mol. The van der Waals surface area contributed by atoms with Crippen LogP contribution in [0.25, 0.3) is 0 Å². The minimum Gasteiger partial charge on any atom is -0.496 e. The minimum atomic E-state index is -0.433. The van der Waals surface area contributed by atoms with E-state index in [2.05, 4.69) is 20.9 Å². The van der Waals surface area contributed by atoms with Crippen molar-refractivity contribution in [2.24, 2.45) is 4.99 Å². The van der Waals surface area contributed by atoms with Crippen LogP contribution < -0.4 is 4.74 Å². The van der Waals surface area contributed by atoms with Gasteiger partial charge in [0, 0.05) is 10.0 Å². The van der Waals surface area contributed by atoms with Crippen LogP contribution in [0.4, 0.5) is 0 Å². The average Bonchev–Trinajstić information content (AvgIpc) is 2.27. The first-order valence-corrected chi connectivity index (χ1v) is 6.36. The van der Waals surface area contributed by atoms with Gasteiger partial charge in [0.15, 0.2) is 0 Å². The SMILES string of the molecule is COc1c(C)ccc(Br)c1C1(N=C=O)CCC1. The minimum absolute atomic E-state index is 0.433. The maximum Gasteiger partial charge on any atom is 0.235 e.